The van der Waals surface area contributed by atoms with E-state index in [1.807, 2.05) is 38.1 Å². The van der Waals surface area contributed by atoms with Crippen LogP contribution < -0.4 is 4.74 Å². The predicted molar refractivity (Wildman–Crippen MR) is 77.5 cm³/mol. The molecule has 0 radical (unpaired) electrons. The monoisotopic (exact) mass is 263 g/mol. The second kappa shape index (κ2) is 5.93. The molecule has 1 fully saturated rings. The molecule has 3 nitrogen and oxygen atoms in total. The van der Waals surface area contributed by atoms with E-state index in [9.17, 15) is 5.11 Å². The molecule has 0 spiro atoms. The fourth-order valence-electron chi connectivity index (χ4n) is 2.67. The van der Waals surface area contributed by atoms with Gasteiger partial charge in [0.25, 0.3) is 0 Å². The van der Waals surface area contributed by atoms with Gasteiger partial charge in [-0.15, -0.1) is 0 Å². The summed E-state index contributed by atoms with van der Waals surface area (Å²) in [5.41, 5.74) is 0.280. The molecule has 1 aliphatic rings. The van der Waals surface area contributed by atoms with Gasteiger partial charge in [-0.2, -0.15) is 0 Å². The molecule has 1 heterocycles. The number of ether oxygens (including phenoxy) is 1. The van der Waals surface area contributed by atoms with Crippen LogP contribution in [0.4, 0.5) is 0 Å². The molecule has 0 aliphatic carbocycles. The van der Waals surface area contributed by atoms with Crippen molar-refractivity contribution in [3.63, 3.8) is 0 Å². The van der Waals surface area contributed by atoms with Crippen molar-refractivity contribution in [1.82, 2.24) is 4.90 Å². The minimum Gasteiger partial charge on any atom is -0.491 e. The lowest BCUT2D eigenvalue weighted by molar-refractivity contribution is 0.0215. The van der Waals surface area contributed by atoms with E-state index < -0.39 is 5.60 Å². The van der Waals surface area contributed by atoms with E-state index in [-0.39, 0.29) is 6.10 Å². The minimum absolute atomic E-state index is 0.158. The van der Waals surface area contributed by atoms with Crippen molar-refractivity contribution in [3.05, 3.63) is 29.8 Å². The van der Waals surface area contributed by atoms with Gasteiger partial charge in [0.2, 0.25) is 0 Å². The summed E-state index contributed by atoms with van der Waals surface area (Å²) >= 11 is 0. The zero-order valence-electron chi connectivity index (χ0n) is 12.2. The van der Waals surface area contributed by atoms with Gasteiger partial charge in [-0.3, -0.25) is 0 Å². The largest absolute Gasteiger partial charge is 0.491 e. The van der Waals surface area contributed by atoms with Crippen molar-refractivity contribution in [2.45, 2.75) is 44.8 Å². The maximum absolute atomic E-state index is 10.9. The van der Waals surface area contributed by atoms with Crippen LogP contribution in [0, 0.1) is 0 Å². The zero-order chi connectivity index (χ0) is 13.9. The first-order chi connectivity index (χ1) is 8.99. The molecule has 19 heavy (non-hydrogen) atoms. The lowest BCUT2D eigenvalue weighted by Crippen LogP contribution is -2.27. The Kier molecular flexibility index (Phi) is 4.48. The lowest BCUT2D eigenvalue weighted by Gasteiger charge is -2.27. The van der Waals surface area contributed by atoms with Crippen LogP contribution in [0.3, 0.4) is 0 Å². The Labute approximate surface area is 116 Å². The van der Waals surface area contributed by atoms with Crippen LogP contribution >= 0.6 is 0 Å². The molecule has 0 saturated carbocycles. The van der Waals surface area contributed by atoms with Gasteiger partial charge in [0.05, 0.1) is 11.7 Å². The van der Waals surface area contributed by atoms with Crippen LogP contribution in [0.5, 0.6) is 5.75 Å². The van der Waals surface area contributed by atoms with E-state index in [1.165, 1.54) is 0 Å². The Morgan fingerprint density at radius 2 is 2.05 bits per heavy atom. The van der Waals surface area contributed by atoms with Crippen molar-refractivity contribution in [2.75, 3.05) is 20.1 Å². The number of hydrogen-bond donors (Lipinski definition) is 1. The van der Waals surface area contributed by atoms with E-state index >= 15 is 0 Å². The number of nitrogens with zero attached hydrogens (tertiary/aromatic N) is 1. The van der Waals surface area contributed by atoms with E-state index in [0.29, 0.717) is 0 Å². The molecule has 1 saturated heterocycles. The second-order valence-electron chi connectivity index (χ2n) is 5.88. The quantitative estimate of drug-likeness (QED) is 0.910. The Hall–Kier alpha value is -1.06. The smallest absolute Gasteiger partial charge is 0.120 e. The van der Waals surface area contributed by atoms with Crippen LogP contribution in [-0.2, 0) is 5.60 Å². The van der Waals surface area contributed by atoms with E-state index in [2.05, 4.69) is 11.9 Å². The molecule has 0 amide bonds. The predicted octanol–water partition coefficient (Wildman–Crippen LogP) is 2.78. The van der Waals surface area contributed by atoms with Crippen molar-refractivity contribution in [1.29, 1.82) is 0 Å². The molecule has 2 rings (SSSR count). The molecule has 0 aromatic heterocycles. The summed E-state index contributed by atoms with van der Waals surface area (Å²) in [6.07, 6.45) is 2.80. The second-order valence-corrected chi connectivity index (χ2v) is 5.88. The van der Waals surface area contributed by atoms with Crippen LogP contribution in [0.25, 0.3) is 0 Å². The summed E-state index contributed by atoms with van der Waals surface area (Å²) in [7, 11) is 2.12. The maximum Gasteiger partial charge on any atom is 0.120 e. The maximum atomic E-state index is 10.9. The van der Waals surface area contributed by atoms with Crippen molar-refractivity contribution >= 4 is 0 Å². The third kappa shape index (κ3) is 3.71. The third-order valence-electron chi connectivity index (χ3n) is 3.78. The van der Waals surface area contributed by atoms with Crippen LogP contribution in [-0.4, -0.2) is 36.2 Å². The summed E-state index contributed by atoms with van der Waals surface area (Å²) in [5.74, 6) is 0.846. The van der Waals surface area contributed by atoms with Gasteiger partial charge in [0.1, 0.15) is 5.75 Å². The zero-order valence-corrected chi connectivity index (χ0v) is 12.2. The molecule has 3 heteroatoms. The lowest BCUT2D eigenvalue weighted by atomic mass is 9.87. The molecule has 1 N–H and O–H groups in total. The molecule has 1 unspecified atom stereocenters. The molecule has 1 atom stereocenters. The summed E-state index contributed by atoms with van der Waals surface area (Å²) < 4.78 is 5.72. The molecule has 0 bridgehead atoms. The van der Waals surface area contributed by atoms with Gasteiger partial charge in [-0.25, -0.2) is 0 Å². The number of benzene rings is 1. The highest BCUT2D eigenvalue weighted by Gasteiger charge is 2.31. The Morgan fingerprint density at radius 3 is 2.79 bits per heavy atom. The highest BCUT2D eigenvalue weighted by atomic mass is 16.5. The minimum atomic E-state index is -0.707. The average molecular weight is 263 g/mol. The van der Waals surface area contributed by atoms with Gasteiger partial charge in [-0.1, -0.05) is 12.1 Å². The van der Waals surface area contributed by atoms with E-state index in [0.717, 1.165) is 43.7 Å². The fourth-order valence-corrected chi connectivity index (χ4v) is 2.67. The van der Waals surface area contributed by atoms with E-state index in [1.54, 1.807) is 0 Å². The van der Waals surface area contributed by atoms with Crippen molar-refractivity contribution in [2.24, 2.45) is 0 Å². The first-order valence-electron chi connectivity index (χ1n) is 7.18. The molecular formula is C16H25NO2. The molecular weight excluding hydrogens is 238 g/mol. The normalized spacial score (nSPS) is 25.3. The fraction of sp³-hybridized carbons (Fsp3) is 0.625. The SMILES string of the molecule is CC(C)Oc1cccc(C2(O)CCCN(C)CC2)c1. The van der Waals surface area contributed by atoms with Crippen LogP contribution in [0.2, 0.25) is 0 Å². The molecule has 1 aliphatic heterocycles. The Bertz CT molecular complexity index is 419. The van der Waals surface area contributed by atoms with Crippen LogP contribution in [0.1, 0.15) is 38.7 Å². The molecule has 106 valence electrons. The summed E-state index contributed by atoms with van der Waals surface area (Å²) in [6, 6.07) is 7.93. The number of hydrogen-bond acceptors (Lipinski definition) is 3. The summed E-state index contributed by atoms with van der Waals surface area (Å²) in [4.78, 5) is 2.28. The van der Waals surface area contributed by atoms with Gasteiger partial charge in [0, 0.05) is 6.54 Å². The number of rotatable bonds is 3. The average Bonchev–Trinajstić information content (AvgIpc) is 2.52. The summed E-state index contributed by atoms with van der Waals surface area (Å²) in [5, 5.41) is 10.9. The van der Waals surface area contributed by atoms with Gasteiger partial charge >= 0.3 is 0 Å². The first kappa shape index (κ1) is 14.4. The van der Waals surface area contributed by atoms with Gasteiger partial charge < -0.3 is 14.7 Å². The Morgan fingerprint density at radius 1 is 1.26 bits per heavy atom. The van der Waals surface area contributed by atoms with Crippen molar-refractivity contribution in [3.8, 4) is 5.75 Å². The topological polar surface area (TPSA) is 32.7 Å². The number of likely N-dealkylation sites (tertiary alicyclic amines) is 1. The first-order valence-corrected chi connectivity index (χ1v) is 7.18. The highest BCUT2D eigenvalue weighted by Crippen LogP contribution is 2.34. The van der Waals surface area contributed by atoms with Gasteiger partial charge in [0.15, 0.2) is 0 Å². The van der Waals surface area contributed by atoms with Gasteiger partial charge in [-0.05, 0) is 64.4 Å². The van der Waals surface area contributed by atoms with Crippen LogP contribution in [0.15, 0.2) is 24.3 Å². The molecule has 1 aromatic carbocycles. The molecule has 1 aromatic rings. The summed E-state index contributed by atoms with van der Waals surface area (Å²) in [6.45, 7) is 6.03. The third-order valence-corrected chi connectivity index (χ3v) is 3.78. The van der Waals surface area contributed by atoms with E-state index in [4.69, 9.17) is 4.74 Å². The van der Waals surface area contributed by atoms with Crippen molar-refractivity contribution < 1.29 is 9.84 Å². The standard InChI is InChI=1S/C16H25NO2/c1-13(2)19-15-7-4-6-14(12-15)16(18)8-5-10-17(3)11-9-16/h4,6-7,12-13,18H,5,8-11H2,1-3H3. The number of aliphatic hydroxyl groups is 1. The highest BCUT2D eigenvalue weighted by molar-refractivity contribution is 5.32. The Balaban J connectivity index is 2.19.